The Kier molecular flexibility index (Phi) is 7.55. The van der Waals surface area contributed by atoms with Gasteiger partial charge in [0.15, 0.2) is 0 Å². The fourth-order valence-electron chi connectivity index (χ4n) is 4.62. The van der Waals surface area contributed by atoms with E-state index < -0.39 is 0 Å². The summed E-state index contributed by atoms with van der Waals surface area (Å²) in [6.45, 7) is 5.58. The molecular formula is C25H36N2O5. The van der Waals surface area contributed by atoms with Crippen molar-refractivity contribution in [1.82, 2.24) is 9.80 Å². The quantitative estimate of drug-likeness (QED) is 0.583. The van der Waals surface area contributed by atoms with E-state index in [1.807, 2.05) is 21.9 Å². The molecule has 3 aliphatic rings. The van der Waals surface area contributed by atoms with Crippen LogP contribution in [0.1, 0.15) is 62.2 Å². The molecule has 4 rings (SSSR count). The van der Waals surface area contributed by atoms with Crippen molar-refractivity contribution in [2.75, 3.05) is 39.9 Å². The van der Waals surface area contributed by atoms with Crippen molar-refractivity contribution in [3.8, 4) is 11.5 Å². The van der Waals surface area contributed by atoms with Gasteiger partial charge in [0.1, 0.15) is 17.6 Å². The number of nitrogens with zero attached hydrogens (tertiary/aromatic N) is 2. The van der Waals surface area contributed by atoms with Gasteiger partial charge >= 0.3 is 0 Å². The molecule has 0 bridgehead atoms. The van der Waals surface area contributed by atoms with Crippen molar-refractivity contribution in [1.29, 1.82) is 0 Å². The summed E-state index contributed by atoms with van der Waals surface area (Å²) in [4.78, 5) is 29.7. The van der Waals surface area contributed by atoms with Crippen molar-refractivity contribution in [2.24, 2.45) is 5.92 Å². The Balaban J connectivity index is 1.45. The van der Waals surface area contributed by atoms with Gasteiger partial charge in [-0.3, -0.25) is 9.59 Å². The first kappa shape index (κ1) is 22.9. The minimum absolute atomic E-state index is 0.00371. The lowest BCUT2D eigenvalue weighted by Gasteiger charge is -2.33. The zero-order chi connectivity index (χ0) is 22.5. The maximum absolute atomic E-state index is 13.6. The van der Waals surface area contributed by atoms with Gasteiger partial charge in [-0.15, -0.1) is 0 Å². The summed E-state index contributed by atoms with van der Waals surface area (Å²) in [5.74, 6) is 1.74. The summed E-state index contributed by atoms with van der Waals surface area (Å²) in [6, 6.07) is 5.45. The molecule has 0 aromatic heterocycles. The minimum Gasteiger partial charge on any atom is -0.497 e. The molecule has 176 valence electrons. The SMILES string of the molecule is CCCN(CC1CCCO1)C(=O)c1cc(OC)ccc1OC1CCN(C(=O)C2CC2)CC1. The molecule has 2 saturated heterocycles. The van der Waals surface area contributed by atoms with Crippen LogP contribution in [-0.4, -0.2) is 73.7 Å². The number of methoxy groups -OCH3 is 1. The third-order valence-electron chi connectivity index (χ3n) is 6.62. The molecule has 2 amide bonds. The lowest BCUT2D eigenvalue weighted by atomic mass is 10.1. The summed E-state index contributed by atoms with van der Waals surface area (Å²) >= 11 is 0. The van der Waals surface area contributed by atoms with Crippen LogP contribution in [0, 0.1) is 5.92 Å². The number of likely N-dealkylation sites (tertiary alicyclic amines) is 1. The molecule has 1 atom stereocenters. The van der Waals surface area contributed by atoms with E-state index in [0.717, 1.165) is 64.6 Å². The lowest BCUT2D eigenvalue weighted by molar-refractivity contribution is -0.134. The molecule has 0 spiro atoms. The van der Waals surface area contributed by atoms with Crippen LogP contribution in [0.2, 0.25) is 0 Å². The van der Waals surface area contributed by atoms with Crippen molar-refractivity contribution < 1.29 is 23.8 Å². The summed E-state index contributed by atoms with van der Waals surface area (Å²) in [5, 5.41) is 0. The van der Waals surface area contributed by atoms with Crippen LogP contribution in [0.3, 0.4) is 0 Å². The highest BCUT2D eigenvalue weighted by atomic mass is 16.5. The van der Waals surface area contributed by atoms with Crippen LogP contribution in [-0.2, 0) is 9.53 Å². The topological polar surface area (TPSA) is 68.3 Å². The average molecular weight is 445 g/mol. The Morgan fingerprint density at radius 1 is 1.16 bits per heavy atom. The van der Waals surface area contributed by atoms with Crippen LogP contribution in [0.25, 0.3) is 0 Å². The van der Waals surface area contributed by atoms with Crippen LogP contribution in [0.15, 0.2) is 18.2 Å². The van der Waals surface area contributed by atoms with E-state index >= 15 is 0 Å². The predicted octanol–water partition coefficient (Wildman–Crippen LogP) is 3.51. The molecule has 0 radical (unpaired) electrons. The number of hydrogen-bond donors (Lipinski definition) is 0. The molecule has 7 heteroatoms. The van der Waals surface area contributed by atoms with Gasteiger partial charge in [-0.1, -0.05) is 6.92 Å². The Labute approximate surface area is 191 Å². The molecule has 32 heavy (non-hydrogen) atoms. The number of benzene rings is 1. The maximum atomic E-state index is 13.6. The minimum atomic E-state index is -0.0439. The van der Waals surface area contributed by atoms with Gasteiger partial charge in [-0.25, -0.2) is 0 Å². The lowest BCUT2D eigenvalue weighted by Crippen LogP contribution is -2.42. The molecule has 1 aromatic rings. The highest BCUT2D eigenvalue weighted by Crippen LogP contribution is 2.33. The van der Waals surface area contributed by atoms with E-state index in [1.165, 1.54) is 0 Å². The third-order valence-corrected chi connectivity index (χ3v) is 6.62. The van der Waals surface area contributed by atoms with E-state index in [1.54, 1.807) is 13.2 Å². The van der Waals surface area contributed by atoms with Gasteiger partial charge in [-0.05, 0) is 50.3 Å². The summed E-state index contributed by atoms with van der Waals surface area (Å²) in [6.07, 6.45) is 6.66. The van der Waals surface area contributed by atoms with E-state index in [-0.39, 0.29) is 24.0 Å². The molecule has 3 fully saturated rings. The Hall–Kier alpha value is -2.28. The number of carbonyl (C=O) groups is 2. The fourth-order valence-corrected chi connectivity index (χ4v) is 4.62. The number of piperidine rings is 1. The zero-order valence-corrected chi connectivity index (χ0v) is 19.4. The van der Waals surface area contributed by atoms with Crippen LogP contribution in [0.4, 0.5) is 0 Å². The van der Waals surface area contributed by atoms with Crippen molar-refractivity contribution in [3.63, 3.8) is 0 Å². The van der Waals surface area contributed by atoms with E-state index in [4.69, 9.17) is 14.2 Å². The molecule has 2 aliphatic heterocycles. The molecule has 2 heterocycles. The number of carbonyl (C=O) groups excluding carboxylic acids is 2. The first-order valence-electron chi connectivity index (χ1n) is 12.1. The molecule has 1 aliphatic carbocycles. The van der Waals surface area contributed by atoms with E-state index in [2.05, 4.69) is 6.92 Å². The number of ether oxygens (including phenoxy) is 3. The smallest absolute Gasteiger partial charge is 0.257 e. The Morgan fingerprint density at radius 3 is 2.56 bits per heavy atom. The summed E-state index contributed by atoms with van der Waals surface area (Å²) < 4.78 is 17.5. The van der Waals surface area contributed by atoms with Gasteiger partial charge in [0, 0.05) is 51.5 Å². The highest BCUT2D eigenvalue weighted by molar-refractivity contribution is 5.97. The van der Waals surface area contributed by atoms with Gasteiger partial charge in [-0.2, -0.15) is 0 Å². The molecule has 7 nitrogen and oxygen atoms in total. The van der Waals surface area contributed by atoms with Crippen molar-refractivity contribution in [3.05, 3.63) is 23.8 Å². The molecule has 1 saturated carbocycles. The zero-order valence-electron chi connectivity index (χ0n) is 19.4. The van der Waals surface area contributed by atoms with E-state index in [0.29, 0.717) is 36.1 Å². The summed E-state index contributed by atoms with van der Waals surface area (Å²) in [5.41, 5.74) is 0.535. The first-order chi connectivity index (χ1) is 15.6. The first-order valence-corrected chi connectivity index (χ1v) is 12.1. The largest absolute Gasteiger partial charge is 0.497 e. The normalized spacial score (nSPS) is 21.4. The predicted molar refractivity (Wildman–Crippen MR) is 121 cm³/mol. The summed E-state index contributed by atoms with van der Waals surface area (Å²) in [7, 11) is 1.60. The number of amides is 2. The number of hydrogen-bond acceptors (Lipinski definition) is 5. The molecule has 1 unspecified atom stereocenters. The molecule has 1 aromatic carbocycles. The van der Waals surface area contributed by atoms with Gasteiger partial charge < -0.3 is 24.0 Å². The Bertz CT molecular complexity index is 796. The fraction of sp³-hybridized carbons (Fsp3) is 0.680. The number of rotatable bonds is 9. The van der Waals surface area contributed by atoms with Crippen molar-refractivity contribution >= 4 is 11.8 Å². The molecule has 0 N–H and O–H groups in total. The second-order valence-corrected chi connectivity index (χ2v) is 9.17. The van der Waals surface area contributed by atoms with Crippen LogP contribution in [0.5, 0.6) is 11.5 Å². The monoisotopic (exact) mass is 444 g/mol. The average Bonchev–Trinajstić information content (AvgIpc) is 3.55. The second kappa shape index (κ2) is 10.6. The standard InChI is InChI=1S/C25H36N2O5/c1-3-12-27(17-21-5-4-15-31-21)25(29)22-16-20(30-2)8-9-23(22)32-19-10-13-26(14-11-19)24(28)18-6-7-18/h8-9,16,18-19,21H,3-7,10-15,17H2,1-2H3. The Morgan fingerprint density at radius 2 is 1.94 bits per heavy atom. The van der Waals surface area contributed by atoms with E-state index in [9.17, 15) is 9.59 Å². The van der Waals surface area contributed by atoms with Gasteiger partial charge in [0.2, 0.25) is 5.91 Å². The van der Waals surface area contributed by atoms with Gasteiger partial charge in [0.05, 0.1) is 18.8 Å². The highest BCUT2D eigenvalue weighted by Gasteiger charge is 2.35. The molecular weight excluding hydrogens is 408 g/mol. The van der Waals surface area contributed by atoms with Crippen LogP contribution >= 0.6 is 0 Å². The second-order valence-electron chi connectivity index (χ2n) is 9.17. The van der Waals surface area contributed by atoms with Crippen LogP contribution < -0.4 is 9.47 Å². The maximum Gasteiger partial charge on any atom is 0.257 e. The van der Waals surface area contributed by atoms with Gasteiger partial charge in [0.25, 0.3) is 5.91 Å². The van der Waals surface area contributed by atoms with Crippen molar-refractivity contribution in [2.45, 2.75) is 64.1 Å². The third kappa shape index (κ3) is 5.55.